The fourth-order valence-electron chi connectivity index (χ4n) is 1.99. The molecule has 0 atom stereocenters. The van der Waals surface area contributed by atoms with Gasteiger partial charge in [-0.25, -0.2) is 0 Å². The quantitative estimate of drug-likeness (QED) is 0.807. The fraction of sp³-hybridized carbons (Fsp3) is 0.429. The van der Waals surface area contributed by atoms with Crippen molar-refractivity contribution in [2.45, 2.75) is 40.2 Å². The van der Waals surface area contributed by atoms with Crippen LogP contribution in [0.2, 0.25) is 0 Å². The number of hydrogen-bond acceptors (Lipinski definition) is 2. The molecule has 0 fully saturated rings. The lowest BCUT2D eigenvalue weighted by Crippen LogP contribution is -2.06. The van der Waals surface area contributed by atoms with E-state index in [1.54, 1.807) is 0 Å². The molecule has 2 aromatic rings. The van der Waals surface area contributed by atoms with Crippen LogP contribution in [0.15, 0.2) is 24.5 Å². The number of nitrogens with zero attached hydrogens (tertiary/aromatic N) is 3. The molecule has 90 valence electrons. The lowest BCUT2D eigenvalue weighted by atomic mass is 10.2. The van der Waals surface area contributed by atoms with E-state index < -0.39 is 0 Å². The van der Waals surface area contributed by atoms with Gasteiger partial charge in [0.2, 0.25) is 0 Å². The van der Waals surface area contributed by atoms with Crippen molar-refractivity contribution in [2.24, 2.45) is 0 Å². The van der Waals surface area contributed by atoms with E-state index in [1.807, 2.05) is 12.4 Å². The number of hydrogen-bond donors (Lipinski definition) is 0. The lowest BCUT2D eigenvalue weighted by Gasteiger charge is -2.06. The van der Waals surface area contributed by atoms with Crippen molar-refractivity contribution < 1.29 is 0 Å². The zero-order valence-corrected chi connectivity index (χ0v) is 10.8. The number of aromatic nitrogens is 3. The van der Waals surface area contributed by atoms with Crippen LogP contribution in [-0.2, 0) is 19.4 Å². The monoisotopic (exact) mass is 229 g/mol. The second-order valence-electron chi connectivity index (χ2n) is 4.36. The van der Waals surface area contributed by atoms with Crippen LogP contribution in [0.1, 0.15) is 36.4 Å². The maximum atomic E-state index is 4.61. The third-order valence-electron chi connectivity index (χ3n) is 2.90. The van der Waals surface area contributed by atoms with Crippen molar-refractivity contribution in [3.8, 4) is 0 Å². The number of pyridine rings is 1. The highest BCUT2D eigenvalue weighted by molar-refractivity contribution is 5.18. The van der Waals surface area contributed by atoms with Crippen molar-refractivity contribution in [2.75, 3.05) is 0 Å². The number of rotatable bonds is 4. The molecular weight excluding hydrogens is 210 g/mol. The molecule has 17 heavy (non-hydrogen) atoms. The van der Waals surface area contributed by atoms with E-state index in [2.05, 4.69) is 47.7 Å². The predicted octanol–water partition coefficient (Wildman–Crippen LogP) is 2.76. The van der Waals surface area contributed by atoms with Gasteiger partial charge in [0.05, 0.1) is 12.2 Å². The van der Waals surface area contributed by atoms with Gasteiger partial charge in [0.1, 0.15) is 0 Å². The molecule has 0 unspecified atom stereocenters. The predicted molar refractivity (Wildman–Crippen MR) is 69.1 cm³/mol. The van der Waals surface area contributed by atoms with E-state index in [-0.39, 0.29) is 0 Å². The van der Waals surface area contributed by atoms with Crippen molar-refractivity contribution in [3.05, 3.63) is 47.0 Å². The summed E-state index contributed by atoms with van der Waals surface area (Å²) >= 11 is 0. The summed E-state index contributed by atoms with van der Waals surface area (Å²) in [7, 11) is 0. The van der Waals surface area contributed by atoms with Crippen LogP contribution < -0.4 is 0 Å². The lowest BCUT2D eigenvalue weighted by molar-refractivity contribution is 0.638. The Morgan fingerprint density at radius 1 is 1.12 bits per heavy atom. The Hall–Kier alpha value is -1.64. The molecule has 3 heteroatoms. The van der Waals surface area contributed by atoms with E-state index in [0.29, 0.717) is 0 Å². The first-order valence-corrected chi connectivity index (χ1v) is 6.19. The van der Waals surface area contributed by atoms with Crippen molar-refractivity contribution in [1.29, 1.82) is 0 Å². The van der Waals surface area contributed by atoms with Crippen LogP contribution in [0.5, 0.6) is 0 Å². The highest BCUT2D eigenvalue weighted by atomic mass is 15.3. The van der Waals surface area contributed by atoms with Crippen molar-refractivity contribution in [1.82, 2.24) is 14.8 Å². The van der Waals surface area contributed by atoms with Gasteiger partial charge in [0.25, 0.3) is 0 Å². The van der Waals surface area contributed by atoms with Gasteiger partial charge in [-0.3, -0.25) is 9.67 Å². The molecule has 0 saturated carbocycles. The average Bonchev–Trinajstić information content (AvgIpc) is 2.71. The first-order chi connectivity index (χ1) is 8.22. The smallest absolute Gasteiger partial charge is 0.0677 e. The molecule has 0 N–H and O–H groups in total. The summed E-state index contributed by atoms with van der Waals surface area (Å²) in [4.78, 5) is 4.22. The van der Waals surface area contributed by atoms with Crippen LogP contribution >= 0.6 is 0 Å². The third-order valence-corrected chi connectivity index (χ3v) is 2.90. The molecule has 0 spiro atoms. The van der Waals surface area contributed by atoms with Crippen LogP contribution in [0, 0.1) is 6.92 Å². The van der Waals surface area contributed by atoms with Gasteiger partial charge in [-0.05, 0) is 37.0 Å². The second kappa shape index (κ2) is 5.13. The molecule has 2 heterocycles. The van der Waals surface area contributed by atoms with Crippen LogP contribution in [0.25, 0.3) is 0 Å². The molecule has 0 aromatic carbocycles. The first kappa shape index (κ1) is 11.8. The Labute approximate surface area is 103 Å². The van der Waals surface area contributed by atoms with Gasteiger partial charge < -0.3 is 0 Å². The first-order valence-electron chi connectivity index (χ1n) is 6.19. The van der Waals surface area contributed by atoms with Gasteiger partial charge in [0.15, 0.2) is 0 Å². The molecular formula is C14H19N3. The maximum Gasteiger partial charge on any atom is 0.0677 e. The van der Waals surface area contributed by atoms with Crippen molar-refractivity contribution >= 4 is 0 Å². The topological polar surface area (TPSA) is 30.7 Å². The van der Waals surface area contributed by atoms with E-state index in [0.717, 1.165) is 19.4 Å². The van der Waals surface area contributed by atoms with E-state index in [1.165, 1.54) is 22.5 Å². The Kier molecular flexibility index (Phi) is 3.57. The molecule has 0 aliphatic carbocycles. The molecule has 0 aliphatic rings. The van der Waals surface area contributed by atoms with Gasteiger partial charge >= 0.3 is 0 Å². The SMILES string of the molecule is CCc1cc(CC)n(Cc2cncc(C)c2)n1. The minimum Gasteiger partial charge on any atom is -0.265 e. The Balaban J connectivity index is 2.25. The van der Waals surface area contributed by atoms with Crippen LogP contribution in [0.3, 0.4) is 0 Å². The molecule has 0 radical (unpaired) electrons. The summed E-state index contributed by atoms with van der Waals surface area (Å²) in [6, 6.07) is 4.36. The van der Waals surface area contributed by atoms with Crippen LogP contribution in [0.4, 0.5) is 0 Å². The minimum absolute atomic E-state index is 0.817. The Bertz CT molecular complexity index is 500. The molecule has 0 amide bonds. The van der Waals surface area contributed by atoms with Crippen molar-refractivity contribution in [3.63, 3.8) is 0 Å². The highest BCUT2D eigenvalue weighted by Crippen LogP contribution is 2.10. The summed E-state index contributed by atoms with van der Waals surface area (Å²) in [5.41, 5.74) is 4.87. The summed E-state index contributed by atoms with van der Waals surface area (Å²) in [5.74, 6) is 0. The average molecular weight is 229 g/mol. The van der Waals surface area contributed by atoms with Gasteiger partial charge in [-0.2, -0.15) is 5.10 Å². The summed E-state index contributed by atoms with van der Waals surface area (Å²) < 4.78 is 2.09. The Morgan fingerprint density at radius 2 is 1.94 bits per heavy atom. The second-order valence-corrected chi connectivity index (χ2v) is 4.36. The third kappa shape index (κ3) is 2.73. The number of aryl methyl sites for hydroxylation is 3. The molecule has 3 nitrogen and oxygen atoms in total. The van der Waals surface area contributed by atoms with E-state index in [4.69, 9.17) is 0 Å². The molecule has 0 bridgehead atoms. The van der Waals surface area contributed by atoms with E-state index >= 15 is 0 Å². The fourth-order valence-corrected chi connectivity index (χ4v) is 1.99. The normalized spacial score (nSPS) is 10.8. The molecule has 0 aliphatic heterocycles. The molecule has 0 saturated heterocycles. The zero-order valence-electron chi connectivity index (χ0n) is 10.8. The highest BCUT2D eigenvalue weighted by Gasteiger charge is 2.06. The van der Waals surface area contributed by atoms with Gasteiger partial charge in [-0.15, -0.1) is 0 Å². The summed E-state index contributed by atoms with van der Waals surface area (Å²) in [6.45, 7) is 7.19. The summed E-state index contributed by atoms with van der Waals surface area (Å²) in [6.07, 6.45) is 5.81. The van der Waals surface area contributed by atoms with E-state index in [9.17, 15) is 0 Å². The maximum absolute atomic E-state index is 4.61. The standard InChI is InChI=1S/C14H19N3/c1-4-13-7-14(5-2)17(16-13)10-12-6-11(3)8-15-9-12/h6-9H,4-5,10H2,1-3H3. The summed E-state index contributed by atoms with van der Waals surface area (Å²) in [5, 5.41) is 4.61. The molecule has 2 aromatic heterocycles. The van der Waals surface area contributed by atoms with Crippen LogP contribution in [-0.4, -0.2) is 14.8 Å². The largest absolute Gasteiger partial charge is 0.265 e. The molecule has 2 rings (SSSR count). The zero-order chi connectivity index (χ0) is 12.3. The van der Waals surface area contributed by atoms with Gasteiger partial charge in [0, 0.05) is 18.1 Å². The van der Waals surface area contributed by atoms with Gasteiger partial charge in [-0.1, -0.05) is 19.9 Å². The Morgan fingerprint density at radius 3 is 2.59 bits per heavy atom. The minimum atomic E-state index is 0.817.